The molecule has 0 aromatic heterocycles. The number of piperidine rings is 1. The van der Waals surface area contributed by atoms with Gasteiger partial charge in [-0.3, -0.25) is 4.90 Å². The zero-order chi connectivity index (χ0) is 11.8. The molecule has 0 bridgehead atoms. The molecule has 1 aliphatic heterocycles. The van der Waals surface area contributed by atoms with Gasteiger partial charge in [-0.25, -0.2) is 9.59 Å². The van der Waals surface area contributed by atoms with Gasteiger partial charge >= 0.3 is 11.9 Å². The van der Waals surface area contributed by atoms with Crippen molar-refractivity contribution in [2.24, 2.45) is 0 Å². The standard InChI is InChI=1S/C11H17NO4.ClH/c13-10(14)4-5-11(15)16-9-8-12-6-2-1-3-7-12;/h4-5H,1-3,6-9H2,(H,13,14);1H. The van der Waals surface area contributed by atoms with E-state index >= 15 is 0 Å². The number of rotatable bonds is 5. The molecule has 0 spiro atoms. The van der Waals surface area contributed by atoms with Gasteiger partial charge in [0.05, 0.1) is 0 Å². The van der Waals surface area contributed by atoms with E-state index in [1.807, 2.05) is 0 Å². The molecule has 0 aliphatic carbocycles. The number of hydrogen-bond acceptors (Lipinski definition) is 4. The summed E-state index contributed by atoms with van der Waals surface area (Å²) in [7, 11) is 0. The SMILES string of the molecule is Cl.O=C(O)C=CC(=O)OCCN1CCCCC1. The molecule has 1 rings (SSSR count). The Hall–Kier alpha value is -1.07. The average Bonchev–Trinajstić information content (AvgIpc) is 2.28. The highest BCUT2D eigenvalue weighted by Crippen LogP contribution is 2.07. The summed E-state index contributed by atoms with van der Waals surface area (Å²) in [5.74, 6) is -1.74. The first kappa shape index (κ1) is 15.9. The van der Waals surface area contributed by atoms with E-state index in [1.165, 1.54) is 19.3 Å². The van der Waals surface area contributed by atoms with Crippen molar-refractivity contribution in [2.75, 3.05) is 26.2 Å². The van der Waals surface area contributed by atoms with E-state index in [4.69, 9.17) is 9.84 Å². The second-order valence-electron chi connectivity index (χ2n) is 3.74. The zero-order valence-corrected chi connectivity index (χ0v) is 10.4. The van der Waals surface area contributed by atoms with Crippen LogP contribution in [0.4, 0.5) is 0 Å². The van der Waals surface area contributed by atoms with Crippen molar-refractivity contribution in [3.8, 4) is 0 Å². The number of carbonyl (C=O) groups is 2. The Balaban J connectivity index is 0.00000256. The van der Waals surface area contributed by atoms with Crippen molar-refractivity contribution >= 4 is 24.3 Å². The number of likely N-dealkylation sites (tertiary alicyclic amines) is 1. The van der Waals surface area contributed by atoms with Gasteiger partial charge in [-0.1, -0.05) is 6.42 Å². The molecule has 17 heavy (non-hydrogen) atoms. The van der Waals surface area contributed by atoms with E-state index < -0.39 is 11.9 Å². The van der Waals surface area contributed by atoms with Gasteiger partial charge in [0, 0.05) is 18.7 Å². The van der Waals surface area contributed by atoms with Crippen molar-refractivity contribution < 1.29 is 19.4 Å². The van der Waals surface area contributed by atoms with E-state index in [9.17, 15) is 9.59 Å². The topological polar surface area (TPSA) is 66.8 Å². The van der Waals surface area contributed by atoms with E-state index in [-0.39, 0.29) is 12.4 Å². The summed E-state index contributed by atoms with van der Waals surface area (Å²) in [6, 6.07) is 0. The van der Waals surface area contributed by atoms with Crippen molar-refractivity contribution in [1.29, 1.82) is 0 Å². The molecule has 6 heteroatoms. The lowest BCUT2D eigenvalue weighted by Gasteiger charge is -2.25. The van der Waals surface area contributed by atoms with Crippen LogP contribution in [0.15, 0.2) is 12.2 Å². The smallest absolute Gasteiger partial charge is 0.331 e. The van der Waals surface area contributed by atoms with Crippen molar-refractivity contribution in [3.63, 3.8) is 0 Å². The number of aliphatic carboxylic acids is 1. The number of carboxylic acid groups (broad SMARTS) is 1. The number of esters is 1. The molecule has 1 fully saturated rings. The van der Waals surface area contributed by atoms with Crippen LogP contribution in [0.5, 0.6) is 0 Å². The van der Waals surface area contributed by atoms with E-state index in [0.717, 1.165) is 31.8 Å². The summed E-state index contributed by atoms with van der Waals surface area (Å²) < 4.78 is 4.86. The first-order valence-corrected chi connectivity index (χ1v) is 5.48. The molecule has 0 unspecified atom stereocenters. The summed E-state index contributed by atoms with van der Waals surface area (Å²) in [4.78, 5) is 23.4. The van der Waals surface area contributed by atoms with Crippen LogP contribution in [0.25, 0.3) is 0 Å². The van der Waals surface area contributed by atoms with Crippen LogP contribution in [0.3, 0.4) is 0 Å². The molecule has 1 saturated heterocycles. The minimum absolute atomic E-state index is 0. The van der Waals surface area contributed by atoms with E-state index in [0.29, 0.717) is 6.61 Å². The third-order valence-corrected chi connectivity index (χ3v) is 2.46. The fraction of sp³-hybridized carbons (Fsp3) is 0.636. The maximum Gasteiger partial charge on any atom is 0.331 e. The molecule has 0 radical (unpaired) electrons. The largest absolute Gasteiger partial charge is 0.478 e. The molecular formula is C11H18ClNO4. The lowest BCUT2D eigenvalue weighted by Crippen LogP contribution is -2.33. The molecule has 1 aliphatic rings. The molecule has 1 N–H and O–H groups in total. The van der Waals surface area contributed by atoms with Gasteiger partial charge in [-0.05, 0) is 25.9 Å². The Morgan fingerprint density at radius 1 is 1.18 bits per heavy atom. The van der Waals surface area contributed by atoms with Crippen LogP contribution < -0.4 is 0 Å². The fourth-order valence-electron chi connectivity index (χ4n) is 1.65. The van der Waals surface area contributed by atoms with Crippen LogP contribution >= 0.6 is 12.4 Å². The van der Waals surface area contributed by atoms with Gasteiger partial charge in [0.2, 0.25) is 0 Å². The van der Waals surface area contributed by atoms with Gasteiger partial charge in [0.1, 0.15) is 6.61 Å². The molecule has 0 amide bonds. The number of nitrogens with zero attached hydrogens (tertiary/aromatic N) is 1. The first-order valence-electron chi connectivity index (χ1n) is 5.48. The summed E-state index contributed by atoms with van der Waals surface area (Å²) >= 11 is 0. The Morgan fingerprint density at radius 3 is 2.41 bits per heavy atom. The number of carbonyl (C=O) groups excluding carboxylic acids is 1. The molecule has 0 aromatic carbocycles. The monoisotopic (exact) mass is 263 g/mol. The fourth-order valence-corrected chi connectivity index (χ4v) is 1.65. The van der Waals surface area contributed by atoms with Crippen LogP contribution in [0.1, 0.15) is 19.3 Å². The van der Waals surface area contributed by atoms with E-state index in [2.05, 4.69) is 4.90 Å². The van der Waals surface area contributed by atoms with Gasteiger partial charge in [-0.15, -0.1) is 12.4 Å². The van der Waals surface area contributed by atoms with Crippen molar-refractivity contribution in [2.45, 2.75) is 19.3 Å². The predicted octanol–water partition coefficient (Wildman–Crippen LogP) is 1.08. The highest BCUT2D eigenvalue weighted by Gasteiger charge is 2.09. The lowest BCUT2D eigenvalue weighted by atomic mass is 10.1. The zero-order valence-electron chi connectivity index (χ0n) is 9.63. The van der Waals surface area contributed by atoms with Gasteiger partial charge in [0.15, 0.2) is 0 Å². The van der Waals surface area contributed by atoms with Crippen LogP contribution in [-0.4, -0.2) is 48.2 Å². The molecule has 5 nitrogen and oxygen atoms in total. The maximum absolute atomic E-state index is 11.0. The highest BCUT2D eigenvalue weighted by molar-refractivity contribution is 5.90. The average molecular weight is 264 g/mol. The number of hydrogen-bond donors (Lipinski definition) is 1. The van der Waals surface area contributed by atoms with Gasteiger partial charge in [0.25, 0.3) is 0 Å². The summed E-state index contributed by atoms with van der Waals surface area (Å²) in [5, 5.41) is 8.29. The quantitative estimate of drug-likeness (QED) is 0.594. The summed E-state index contributed by atoms with van der Waals surface area (Å²) in [6.45, 7) is 3.17. The van der Waals surface area contributed by atoms with Gasteiger partial charge < -0.3 is 9.84 Å². The number of halogens is 1. The van der Waals surface area contributed by atoms with Crippen LogP contribution in [-0.2, 0) is 14.3 Å². The van der Waals surface area contributed by atoms with E-state index in [1.54, 1.807) is 0 Å². The van der Waals surface area contributed by atoms with Crippen molar-refractivity contribution in [3.05, 3.63) is 12.2 Å². The Morgan fingerprint density at radius 2 is 1.82 bits per heavy atom. The number of ether oxygens (including phenoxy) is 1. The second-order valence-corrected chi connectivity index (χ2v) is 3.74. The summed E-state index contributed by atoms with van der Waals surface area (Å²) in [5.41, 5.74) is 0. The minimum Gasteiger partial charge on any atom is -0.478 e. The molecule has 0 saturated carbocycles. The Bertz CT molecular complexity index is 275. The summed E-state index contributed by atoms with van der Waals surface area (Å²) in [6.07, 6.45) is 5.39. The Kier molecular flexibility index (Phi) is 8.44. The molecule has 98 valence electrons. The normalized spacial score (nSPS) is 16.5. The highest BCUT2D eigenvalue weighted by atomic mass is 35.5. The van der Waals surface area contributed by atoms with Crippen molar-refractivity contribution in [1.82, 2.24) is 4.90 Å². The Labute approximate surface area is 107 Å². The second kappa shape index (κ2) is 9.01. The molecular weight excluding hydrogens is 246 g/mol. The third-order valence-electron chi connectivity index (χ3n) is 2.46. The minimum atomic E-state index is -1.15. The number of carboxylic acids is 1. The lowest BCUT2D eigenvalue weighted by molar-refractivity contribution is -0.139. The van der Waals surface area contributed by atoms with Crippen LogP contribution in [0.2, 0.25) is 0 Å². The first-order chi connectivity index (χ1) is 7.68. The van der Waals surface area contributed by atoms with Gasteiger partial charge in [-0.2, -0.15) is 0 Å². The van der Waals surface area contributed by atoms with Crippen LogP contribution in [0, 0.1) is 0 Å². The molecule has 1 heterocycles. The predicted molar refractivity (Wildman–Crippen MR) is 65.3 cm³/mol. The third kappa shape index (κ3) is 7.76. The molecule has 0 aromatic rings. The molecule has 0 atom stereocenters. The maximum atomic E-state index is 11.0.